The smallest absolute Gasteiger partial charge is 0.405 e. The number of alkyl halides is 3. The normalized spacial score (nSPS) is 22.2. The van der Waals surface area contributed by atoms with Crippen LogP contribution in [0.1, 0.15) is 25.7 Å². The van der Waals surface area contributed by atoms with E-state index in [1.165, 1.54) is 0 Å². The van der Waals surface area contributed by atoms with Crippen LogP contribution in [0.3, 0.4) is 0 Å². The number of carbonyl (C=O) groups excluding carboxylic acids is 1. The van der Waals surface area contributed by atoms with Crippen molar-refractivity contribution >= 4 is 23.0 Å². The minimum Gasteiger partial charge on any atom is -0.423 e. The van der Waals surface area contributed by atoms with Gasteiger partial charge in [0.05, 0.1) is 5.92 Å². The molecule has 1 amide bonds. The van der Waals surface area contributed by atoms with E-state index in [0.29, 0.717) is 25.0 Å². The summed E-state index contributed by atoms with van der Waals surface area (Å²) in [5.74, 6) is -0.864. The highest BCUT2D eigenvalue weighted by molar-refractivity contribution is 5.79. The molecule has 4 rings (SSSR count). The lowest BCUT2D eigenvalue weighted by Crippen LogP contribution is -2.51. The van der Waals surface area contributed by atoms with Crippen molar-refractivity contribution in [1.29, 1.82) is 0 Å². The molecule has 0 radical (unpaired) electrons. The third-order valence-electron chi connectivity index (χ3n) is 5.82. The molecule has 3 heterocycles. The third kappa shape index (κ3) is 4.83. The number of aromatic nitrogens is 1. The highest BCUT2D eigenvalue weighted by Crippen LogP contribution is 2.28. The average Bonchev–Trinajstić information content (AvgIpc) is 3.16. The lowest BCUT2D eigenvalue weighted by molar-refractivity contribution is -0.142. The van der Waals surface area contributed by atoms with Crippen molar-refractivity contribution in [3.8, 4) is 0 Å². The lowest BCUT2D eigenvalue weighted by atomic mass is 9.93. The van der Waals surface area contributed by atoms with Crippen molar-refractivity contribution < 1.29 is 22.4 Å². The summed E-state index contributed by atoms with van der Waals surface area (Å²) in [4.78, 5) is 21.1. The highest BCUT2D eigenvalue weighted by atomic mass is 19.4. The molecule has 1 aromatic carbocycles. The molecule has 0 aliphatic carbocycles. The van der Waals surface area contributed by atoms with Gasteiger partial charge in [0.1, 0.15) is 12.1 Å². The highest BCUT2D eigenvalue weighted by Gasteiger charge is 2.34. The zero-order valence-corrected chi connectivity index (χ0v) is 16.1. The Kier molecular flexibility index (Phi) is 5.67. The molecule has 6 nitrogen and oxygen atoms in total. The molecule has 2 aliphatic heterocycles. The van der Waals surface area contributed by atoms with E-state index in [9.17, 15) is 18.0 Å². The summed E-state index contributed by atoms with van der Waals surface area (Å²) in [5.41, 5.74) is 1.61. The SMILES string of the molecule is O=C(NCC(F)(F)F)C1CCCN(C2CCN(c3nc4ccccc4o3)CC2)C1. The van der Waals surface area contributed by atoms with Crippen LogP contribution in [0, 0.1) is 5.92 Å². The zero-order valence-electron chi connectivity index (χ0n) is 16.1. The molecule has 1 unspecified atom stereocenters. The number of halogens is 3. The second-order valence-corrected chi connectivity index (χ2v) is 7.85. The van der Waals surface area contributed by atoms with Crippen LogP contribution in [0.4, 0.5) is 19.2 Å². The maximum atomic E-state index is 12.4. The fraction of sp³-hybridized carbons (Fsp3) is 0.600. The molecule has 158 valence electrons. The van der Waals surface area contributed by atoms with E-state index < -0.39 is 18.6 Å². The largest absolute Gasteiger partial charge is 0.423 e. The Hall–Kier alpha value is -2.29. The predicted octanol–water partition coefficient (Wildman–Crippen LogP) is 3.19. The number of fused-ring (bicyclic) bond motifs is 1. The number of likely N-dealkylation sites (tertiary alicyclic amines) is 1. The number of amides is 1. The van der Waals surface area contributed by atoms with Crippen LogP contribution in [-0.4, -0.2) is 60.7 Å². The van der Waals surface area contributed by atoms with E-state index in [2.05, 4.69) is 14.8 Å². The van der Waals surface area contributed by atoms with Gasteiger partial charge < -0.3 is 14.6 Å². The van der Waals surface area contributed by atoms with Gasteiger partial charge in [0, 0.05) is 25.7 Å². The van der Waals surface area contributed by atoms with E-state index in [-0.39, 0.29) is 5.92 Å². The van der Waals surface area contributed by atoms with Crippen LogP contribution in [0.2, 0.25) is 0 Å². The van der Waals surface area contributed by atoms with Crippen LogP contribution in [-0.2, 0) is 4.79 Å². The molecular formula is C20H25F3N4O2. The summed E-state index contributed by atoms with van der Waals surface area (Å²) < 4.78 is 42.9. The van der Waals surface area contributed by atoms with Crippen molar-refractivity contribution in [2.75, 3.05) is 37.6 Å². The van der Waals surface area contributed by atoms with Gasteiger partial charge >= 0.3 is 6.18 Å². The fourth-order valence-electron chi connectivity index (χ4n) is 4.30. The summed E-state index contributed by atoms with van der Waals surface area (Å²) in [6.45, 7) is 1.76. The van der Waals surface area contributed by atoms with Gasteiger partial charge in [-0.1, -0.05) is 12.1 Å². The van der Waals surface area contributed by atoms with Crippen molar-refractivity contribution in [2.24, 2.45) is 5.92 Å². The Balaban J connectivity index is 1.30. The number of hydrogen-bond donors (Lipinski definition) is 1. The number of piperidine rings is 2. The molecule has 2 aliphatic rings. The third-order valence-corrected chi connectivity index (χ3v) is 5.82. The fourth-order valence-corrected chi connectivity index (χ4v) is 4.30. The minimum atomic E-state index is -4.37. The van der Waals surface area contributed by atoms with Gasteiger partial charge in [0.15, 0.2) is 5.58 Å². The van der Waals surface area contributed by atoms with E-state index in [1.807, 2.05) is 29.6 Å². The van der Waals surface area contributed by atoms with Crippen molar-refractivity contribution in [2.45, 2.75) is 37.9 Å². The summed E-state index contributed by atoms with van der Waals surface area (Å²) >= 11 is 0. The topological polar surface area (TPSA) is 61.6 Å². The average molecular weight is 410 g/mol. The van der Waals surface area contributed by atoms with Gasteiger partial charge in [-0.2, -0.15) is 18.2 Å². The molecule has 0 spiro atoms. The maximum absolute atomic E-state index is 12.4. The molecule has 1 N–H and O–H groups in total. The van der Waals surface area contributed by atoms with Gasteiger partial charge in [0.25, 0.3) is 6.01 Å². The molecular weight excluding hydrogens is 385 g/mol. The van der Waals surface area contributed by atoms with E-state index in [4.69, 9.17) is 4.42 Å². The first-order chi connectivity index (χ1) is 13.9. The minimum absolute atomic E-state index is 0.328. The van der Waals surface area contributed by atoms with E-state index in [0.717, 1.165) is 50.0 Å². The summed E-state index contributed by atoms with van der Waals surface area (Å²) in [7, 11) is 0. The number of oxazole rings is 1. The van der Waals surface area contributed by atoms with E-state index >= 15 is 0 Å². The van der Waals surface area contributed by atoms with Crippen LogP contribution >= 0.6 is 0 Å². The second kappa shape index (κ2) is 8.22. The standard InChI is InChI=1S/C20H25F3N4O2/c21-20(22,23)13-24-18(28)14-4-3-9-27(12-14)15-7-10-26(11-8-15)19-25-16-5-1-2-6-17(16)29-19/h1-2,5-6,14-15H,3-4,7-13H2,(H,24,28). The quantitative estimate of drug-likeness (QED) is 0.839. The van der Waals surface area contributed by atoms with Crippen molar-refractivity contribution in [3.63, 3.8) is 0 Å². The first kappa shape index (κ1) is 20.0. The maximum Gasteiger partial charge on any atom is 0.405 e. The number of benzene rings is 1. The summed E-state index contributed by atoms with van der Waals surface area (Å²) in [5, 5.41) is 2.04. The molecule has 29 heavy (non-hydrogen) atoms. The molecule has 1 atom stereocenters. The van der Waals surface area contributed by atoms with Gasteiger partial charge in [-0.3, -0.25) is 9.69 Å². The van der Waals surface area contributed by atoms with Crippen molar-refractivity contribution in [1.82, 2.24) is 15.2 Å². The number of rotatable bonds is 4. The number of nitrogens with zero attached hydrogens (tertiary/aromatic N) is 3. The summed E-state index contributed by atoms with van der Waals surface area (Å²) in [6, 6.07) is 8.63. The van der Waals surface area contributed by atoms with E-state index in [1.54, 1.807) is 0 Å². The van der Waals surface area contributed by atoms with Crippen LogP contribution in [0.5, 0.6) is 0 Å². The molecule has 2 fully saturated rings. The first-order valence-corrected chi connectivity index (χ1v) is 10.1. The number of nitrogens with one attached hydrogen (secondary N) is 1. The Labute approximate surface area is 167 Å². The van der Waals surface area contributed by atoms with Crippen molar-refractivity contribution in [3.05, 3.63) is 24.3 Å². The van der Waals surface area contributed by atoms with Gasteiger partial charge in [0.2, 0.25) is 5.91 Å². The number of anilines is 1. The number of hydrogen-bond acceptors (Lipinski definition) is 5. The van der Waals surface area contributed by atoms with Gasteiger partial charge in [-0.05, 0) is 44.4 Å². The predicted molar refractivity (Wildman–Crippen MR) is 103 cm³/mol. The van der Waals surface area contributed by atoms with Gasteiger partial charge in [-0.15, -0.1) is 0 Å². The van der Waals surface area contributed by atoms with Crippen LogP contribution in [0.25, 0.3) is 11.1 Å². The van der Waals surface area contributed by atoms with Crippen LogP contribution < -0.4 is 10.2 Å². The molecule has 2 saturated heterocycles. The Morgan fingerprint density at radius 1 is 1.17 bits per heavy atom. The monoisotopic (exact) mass is 410 g/mol. The number of para-hydroxylation sites is 2. The Morgan fingerprint density at radius 2 is 1.93 bits per heavy atom. The molecule has 2 aromatic rings. The number of carbonyl (C=O) groups is 1. The lowest BCUT2D eigenvalue weighted by Gasteiger charge is -2.41. The molecule has 0 bridgehead atoms. The Bertz CT molecular complexity index is 813. The second-order valence-electron chi connectivity index (χ2n) is 7.85. The van der Waals surface area contributed by atoms with Crippen LogP contribution in [0.15, 0.2) is 28.7 Å². The molecule has 0 saturated carbocycles. The Morgan fingerprint density at radius 3 is 2.66 bits per heavy atom. The zero-order chi connectivity index (χ0) is 20.4. The van der Waals surface area contributed by atoms with Gasteiger partial charge in [-0.25, -0.2) is 0 Å². The summed E-state index contributed by atoms with van der Waals surface area (Å²) in [6.07, 6.45) is -1.08. The molecule has 1 aromatic heterocycles. The first-order valence-electron chi connectivity index (χ1n) is 10.1. The molecule has 9 heteroatoms.